The van der Waals surface area contributed by atoms with E-state index in [2.05, 4.69) is 10.3 Å². The molecule has 2 aromatic carbocycles. The molecule has 0 unspecified atom stereocenters. The Morgan fingerprint density at radius 1 is 1.07 bits per heavy atom. The fraction of sp³-hybridized carbons (Fsp3) is 0.318. The average Bonchev–Trinajstić information content (AvgIpc) is 2.97. The van der Waals surface area contributed by atoms with Gasteiger partial charge < -0.3 is 15.2 Å². The van der Waals surface area contributed by atoms with Crippen LogP contribution in [0.25, 0.3) is 11.0 Å². The highest BCUT2D eigenvalue weighted by molar-refractivity contribution is 7.99. The number of carbonyl (C=O) groups excluding carboxylic acids is 2. The Labute approximate surface area is 177 Å². The molecule has 0 atom stereocenters. The first-order chi connectivity index (χ1) is 14.6. The van der Waals surface area contributed by atoms with Crippen molar-refractivity contribution in [1.82, 2.24) is 14.5 Å². The third kappa shape index (κ3) is 3.41. The third-order valence-electron chi connectivity index (χ3n) is 5.83. The number of aromatic amines is 1. The van der Waals surface area contributed by atoms with Gasteiger partial charge >= 0.3 is 5.69 Å². The van der Waals surface area contributed by atoms with E-state index >= 15 is 0 Å². The lowest BCUT2D eigenvalue weighted by molar-refractivity contribution is -0.115. The molecule has 0 spiro atoms. The number of nitrogens with one attached hydrogen (secondary N) is 2. The summed E-state index contributed by atoms with van der Waals surface area (Å²) in [5.41, 5.74) is 2.95. The fourth-order valence-electron chi connectivity index (χ4n) is 4.30. The number of amides is 2. The SMILES string of the molecule is O=C1CCSc2ccc(C(=O)N3CCC(n4c(=O)[nH]c5ccccc54)CC3)cc2N1. The minimum atomic E-state index is -0.0972. The molecule has 2 aliphatic heterocycles. The predicted octanol–water partition coefficient (Wildman–Crippen LogP) is 3.24. The third-order valence-corrected chi connectivity index (χ3v) is 6.90. The summed E-state index contributed by atoms with van der Waals surface area (Å²) in [6.45, 7) is 1.18. The average molecular weight is 423 g/mol. The summed E-state index contributed by atoms with van der Waals surface area (Å²) in [7, 11) is 0. The van der Waals surface area contributed by atoms with Crippen LogP contribution in [0.4, 0.5) is 5.69 Å². The normalized spacial score (nSPS) is 17.5. The number of hydrogen-bond donors (Lipinski definition) is 2. The zero-order valence-corrected chi connectivity index (χ0v) is 17.2. The number of likely N-dealkylation sites (tertiary alicyclic amines) is 1. The Bertz CT molecular complexity index is 1190. The fourth-order valence-corrected chi connectivity index (χ4v) is 5.24. The molecular weight excluding hydrogens is 400 g/mol. The second kappa shape index (κ2) is 7.68. The number of rotatable bonds is 2. The van der Waals surface area contributed by atoms with E-state index in [0.717, 1.165) is 34.5 Å². The van der Waals surface area contributed by atoms with Gasteiger partial charge in [-0.25, -0.2) is 4.79 Å². The molecule has 0 aliphatic carbocycles. The molecule has 30 heavy (non-hydrogen) atoms. The number of nitrogens with zero attached hydrogens (tertiary/aromatic N) is 2. The monoisotopic (exact) mass is 422 g/mol. The smallest absolute Gasteiger partial charge is 0.326 e. The Morgan fingerprint density at radius 2 is 1.87 bits per heavy atom. The van der Waals surface area contributed by atoms with E-state index in [4.69, 9.17) is 0 Å². The number of anilines is 1. The molecule has 1 fully saturated rings. The molecule has 0 saturated carbocycles. The highest BCUT2D eigenvalue weighted by Gasteiger charge is 2.27. The molecule has 1 saturated heterocycles. The van der Waals surface area contributed by atoms with Crippen LogP contribution < -0.4 is 11.0 Å². The number of fused-ring (bicyclic) bond motifs is 2. The largest absolute Gasteiger partial charge is 0.338 e. The number of para-hydroxylation sites is 2. The number of hydrogen-bond acceptors (Lipinski definition) is 4. The molecular formula is C22H22N4O3S. The van der Waals surface area contributed by atoms with Crippen molar-refractivity contribution < 1.29 is 9.59 Å². The van der Waals surface area contributed by atoms with E-state index in [-0.39, 0.29) is 23.5 Å². The van der Waals surface area contributed by atoms with Gasteiger partial charge in [-0.15, -0.1) is 11.8 Å². The van der Waals surface area contributed by atoms with Crippen molar-refractivity contribution in [2.45, 2.75) is 30.2 Å². The molecule has 3 aromatic rings. The zero-order valence-electron chi connectivity index (χ0n) is 16.4. The van der Waals surface area contributed by atoms with Crippen molar-refractivity contribution in [3.05, 3.63) is 58.5 Å². The van der Waals surface area contributed by atoms with Crippen LogP contribution in [0.3, 0.4) is 0 Å². The number of carbonyl (C=O) groups is 2. The van der Waals surface area contributed by atoms with Gasteiger partial charge in [0.2, 0.25) is 5.91 Å². The molecule has 1 aromatic heterocycles. The summed E-state index contributed by atoms with van der Waals surface area (Å²) >= 11 is 1.63. The van der Waals surface area contributed by atoms with Gasteiger partial charge in [0.05, 0.1) is 16.7 Å². The van der Waals surface area contributed by atoms with Gasteiger partial charge in [0.25, 0.3) is 5.91 Å². The molecule has 5 rings (SSSR count). The number of piperidine rings is 1. The summed E-state index contributed by atoms with van der Waals surface area (Å²) in [5, 5.41) is 2.90. The van der Waals surface area contributed by atoms with Crippen molar-refractivity contribution in [3.8, 4) is 0 Å². The lowest BCUT2D eigenvalue weighted by atomic mass is 10.0. The lowest BCUT2D eigenvalue weighted by Gasteiger charge is -2.32. The minimum absolute atomic E-state index is 0.0177. The van der Waals surface area contributed by atoms with E-state index in [9.17, 15) is 14.4 Å². The number of H-pyrrole nitrogens is 1. The Morgan fingerprint density at radius 3 is 2.70 bits per heavy atom. The van der Waals surface area contributed by atoms with E-state index in [1.54, 1.807) is 17.8 Å². The minimum Gasteiger partial charge on any atom is -0.338 e. The standard InChI is InChI=1S/C22H22N4O3S/c27-20-9-12-30-19-6-5-14(13-17(19)23-20)21(28)25-10-7-15(8-11-25)26-18-4-2-1-3-16(18)24-22(26)29/h1-6,13,15H,7-12H2,(H,23,27)(H,24,29). The van der Waals surface area contributed by atoms with Gasteiger partial charge in [-0.1, -0.05) is 12.1 Å². The first-order valence-corrected chi connectivity index (χ1v) is 11.1. The van der Waals surface area contributed by atoms with E-state index in [0.29, 0.717) is 30.8 Å². The van der Waals surface area contributed by atoms with Crippen LogP contribution in [0, 0.1) is 0 Å². The molecule has 0 bridgehead atoms. The number of aromatic nitrogens is 2. The molecule has 8 heteroatoms. The van der Waals surface area contributed by atoms with Crippen LogP contribution in [0.15, 0.2) is 52.2 Å². The summed E-state index contributed by atoms with van der Waals surface area (Å²) in [6, 6.07) is 13.3. The van der Waals surface area contributed by atoms with Crippen LogP contribution >= 0.6 is 11.8 Å². The van der Waals surface area contributed by atoms with Gasteiger partial charge in [-0.05, 0) is 43.2 Å². The van der Waals surface area contributed by atoms with Gasteiger partial charge in [-0.3, -0.25) is 14.2 Å². The van der Waals surface area contributed by atoms with Crippen molar-refractivity contribution in [2.24, 2.45) is 0 Å². The molecule has 2 aliphatic rings. The highest BCUT2D eigenvalue weighted by atomic mass is 32.2. The van der Waals surface area contributed by atoms with E-state index in [1.807, 2.05) is 45.9 Å². The van der Waals surface area contributed by atoms with Crippen molar-refractivity contribution in [2.75, 3.05) is 24.2 Å². The number of imidazole rings is 1. The maximum atomic E-state index is 13.1. The Balaban J connectivity index is 1.32. The summed E-state index contributed by atoms with van der Waals surface area (Å²) in [4.78, 5) is 43.1. The predicted molar refractivity (Wildman–Crippen MR) is 117 cm³/mol. The maximum Gasteiger partial charge on any atom is 0.326 e. The van der Waals surface area contributed by atoms with Crippen LogP contribution in [-0.4, -0.2) is 45.1 Å². The van der Waals surface area contributed by atoms with Gasteiger partial charge in [0, 0.05) is 41.8 Å². The number of benzene rings is 2. The van der Waals surface area contributed by atoms with Crippen molar-refractivity contribution in [3.63, 3.8) is 0 Å². The molecule has 7 nitrogen and oxygen atoms in total. The van der Waals surface area contributed by atoms with Crippen LogP contribution in [0.2, 0.25) is 0 Å². The van der Waals surface area contributed by atoms with Crippen molar-refractivity contribution >= 4 is 40.3 Å². The van der Waals surface area contributed by atoms with Gasteiger partial charge in [-0.2, -0.15) is 0 Å². The maximum absolute atomic E-state index is 13.1. The van der Waals surface area contributed by atoms with Gasteiger partial charge in [0.1, 0.15) is 0 Å². The summed E-state index contributed by atoms with van der Waals surface area (Å²) in [6.07, 6.45) is 1.93. The first-order valence-electron chi connectivity index (χ1n) is 10.2. The molecule has 0 radical (unpaired) electrons. The molecule has 2 N–H and O–H groups in total. The highest BCUT2D eigenvalue weighted by Crippen LogP contribution is 2.32. The molecule has 2 amide bonds. The second-order valence-corrected chi connectivity index (χ2v) is 8.84. The van der Waals surface area contributed by atoms with Crippen LogP contribution in [0.5, 0.6) is 0 Å². The second-order valence-electron chi connectivity index (χ2n) is 7.70. The van der Waals surface area contributed by atoms with E-state index in [1.165, 1.54) is 0 Å². The first kappa shape index (κ1) is 19.0. The lowest BCUT2D eigenvalue weighted by Crippen LogP contribution is -2.40. The van der Waals surface area contributed by atoms with Crippen LogP contribution in [0.1, 0.15) is 35.7 Å². The van der Waals surface area contributed by atoms with Gasteiger partial charge in [0.15, 0.2) is 0 Å². The van der Waals surface area contributed by atoms with Crippen LogP contribution in [-0.2, 0) is 4.79 Å². The summed E-state index contributed by atoms with van der Waals surface area (Å²) < 4.78 is 1.83. The number of thioether (sulfide) groups is 1. The summed E-state index contributed by atoms with van der Waals surface area (Å²) in [5.74, 6) is 0.689. The van der Waals surface area contributed by atoms with Crippen molar-refractivity contribution in [1.29, 1.82) is 0 Å². The zero-order chi connectivity index (χ0) is 20.7. The molecule has 154 valence electrons. The Hall–Kier alpha value is -3.00. The Kier molecular flexibility index (Phi) is 4.86. The topological polar surface area (TPSA) is 87.2 Å². The quantitative estimate of drug-likeness (QED) is 0.664. The molecule has 3 heterocycles. The van der Waals surface area contributed by atoms with E-state index < -0.39 is 0 Å².